The lowest BCUT2D eigenvalue weighted by Crippen LogP contribution is -2.54. The molecule has 0 spiro atoms. The Labute approximate surface area is 172 Å². The van der Waals surface area contributed by atoms with Crippen LogP contribution in [-0.4, -0.2) is 65.4 Å². The largest absolute Gasteiger partial charge is 0.481 e. The van der Waals surface area contributed by atoms with Crippen molar-refractivity contribution >= 4 is 23.5 Å². The zero-order valence-electron chi connectivity index (χ0n) is 17.1. The molecule has 2 aliphatic rings. The maximum atomic E-state index is 13.1. The van der Waals surface area contributed by atoms with Gasteiger partial charge in [-0.2, -0.15) is 0 Å². The summed E-state index contributed by atoms with van der Waals surface area (Å²) in [5.74, 6) is -0.610. The SMILES string of the molecule is CNc1ccc(CC(=O)N2CCCCC2C(=O)N2CCC(CC(=O)O)CC2)cc1. The van der Waals surface area contributed by atoms with Crippen LogP contribution in [0.1, 0.15) is 44.1 Å². The second-order valence-electron chi connectivity index (χ2n) is 8.09. The molecule has 2 fully saturated rings. The number of piperidine rings is 2. The summed E-state index contributed by atoms with van der Waals surface area (Å²) >= 11 is 0. The van der Waals surface area contributed by atoms with E-state index in [9.17, 15) is 14.4 Å². The molecule has 29 heavy (non-hydrogen) atoms. The van der Waals surface area contributed by atoms with Gasteiger partial charge in [0.15, 0.2) is 0 Å². The number of aliphatic carboxylic acids is 1. The van der Waals surface area contributed by atoms with Gasteiger partial charge in [-0.15, -0.1) is 0 Å². The van der Waals surface area contributed by atoms with Crippen molar-refractivity contribution in [2.75, 3.05) is 32.0 Å². The molecule has 0 radical (unpaired) electrons. The third-order valence-electron chi connectivity index (χ3n) is 6.10. The molecule has 158 valence electrons. The van der Waals surface area contributed by atoms with E-state index in [1.807, 2.05) is 36.2 Å². The van der Waals surface area contributed by atoms with Gasteiger partial charge in [0.25, 0.3) is 0 Å². The molecule has 0 bridgehead atoms. The van der Waals surface area contributed by atoms with Gasteiger partial charge in [0.1, 0.15) is 6.04 Å². The molecule has 1 unspecified atom stereocenters. The van der Waals surface area contributed by atoms with Gasteiger partial charge in [-0.1, -0.05) is 12.1 Å². The molecule has 1 aromatic rings. The van der Waals surface area contributed by atoms with Crippen LogP contribution in [0, 0.1) is 5.92 Å². The fourth-order valence-corrected chi connectivity index (χ4v) is 4.37. The van der Waals surface area contributed by atoms with E-state index in [-0.39, 0.29) is 30.2 Å². The van der Waals surface area contributed by atoms with Crippen LogP contribution in [0.25, 0.3) is 0 Å². The summed E-state index contributed by atoms with van der Waals surface area (Å²) in [5.41, 5.74) is 1.94. The Hall–Kier alpha value is -2.57. The number of hydrogen-bond donors (Lipinski definition) is 2. The van der Waals surface area contributed by atoms with Gasteiger partial charge in [0.05, 0.1) is 6.42 Å². The molecular weight excluding hydrogens is 370 g/mol. The number of amides is 2. The number of rotatable bonds is 6. The summed E-state index contributed by atoms with van der Waals surface area (Å²) in [6, 6.07) is 7.39. The second-order valence-corrected chi connectivity index (χ2v) is 8.09. The Morgan fingerprint density at radius 3 is 2.34 bits per heavy atom. The minimum absolute atomic E-state index is 0.000945. The van der Waals surface area contributed by atoms with E-state index >= 15 is 0 Å². The molecule has 1 atom stereocenters. The summed E-state index contributed by atoms with van der Waals surface area (Å²) in [6.45, 7) is 1.79. The van der Waals surface area contributed by atoms with E-state index < -0.39 is 5.97 Å². The van der Waals surface area contributed by atoms with E-state index in [1.54, 1.807) is 4.90 Å². The highest BCUT2D eigenvalue weighted by molar-refractivity contribution is 5.88. The maximum Gasteiger partial charge on any atom is 0.303 e. The van der Waals surface area contributed by atoms with Gasteiger partial charge in [0.2, 0.25) is 11.8 Å². The molecule has 7 nitrogen and oxygen atoms in total. The third-order valence-corrected chi connectivity index (χ3v) is 6.10. The Balaban J connectivity index is 1.60. The van der Waals surface area contributed by atoms with Crippen molar-refractivity contribution in [1.82, 2.24) is 9.80 Å². The molecule has 3 rings (SSSR count). The number of carboxylic acids is 1. The number of benzene rings is 1. The summed E-state index contributed by atoms with van der Waals surface area (Å²) in [4.78, 5) is 40.6. The summed E-state index contributed by atoms with van der Waals surface area (Å²) < 4.78 is 0. The van der Waals surface area contributed by atoms with Crippen LogP contribution in [0.2, 0.25) is 0 Å². The average molecular weight is 402 g/mol. The molecule has 0 saturated carbocycles. The zero-order chi connectivity index (χ0) is 20.8. The fraction of sp³-hybridized carbons (Fsp3) is 0.591. The molecule has 0 aliphatic carbocycles. The monoisotopic (exact) mass is 401 g/mol. The van der Waals surface area contributed by atoms with Crippen LogP contribution in [-0.2, 0) is 20.8 Å². The van der Waals surface area contributed by atoms with Crippen LogP contribution >= 0.6 is 0 Å². The Morgan fingerprint density at radius 1 is 1.03 bits per heavy atom. The standard InChI is InChI=1S/C22H31N3O4/c1-23-18-7-5-16(6-8-18)14-20(26)25-11-3-2-4-19(25)22(29)24-12-9-17(10-13-24)15-21(27)28/h5-8,17,19,23H,2-4,9-15H2,1H3,(H,27,28). The predicted molar refractivity (Wildman–Crippen MR) is 111 cm³/mol. The predicted octanol–water partition coefficient (Wildman–Crippen LogP) is 2.37. The normalized spacial score (nSPS) is 20.4. The van der Waals surface area contributed by atoms with Crippen molar-refractivity contribution in [1.29, 1.82) is 0 Å². The maximum absolute atomic E-state index is 13.1. The van der Waals surface area contributed by atoms with Crippen molar-refractivity contribution in [3.63, 3.8) is 0 Å². The van der Waals surface area contributed by atoms with Gasteiger partial charge >= 0.3 is 5.97 Å². The molecule has 2 amide bonds. The first-order valence-corrected chi connectivity index (χ1v) is 10.5. The van der Waals surface area contributed by atoms with Gasteiger partial charge in [-0.05, 0) is 55.7 Å². The average Bonchev–Trinajstić information content (AvgIpc) is 2.74. The first-order valence-electron chi connectivity index (χ1n) is 10.5. The summed E-state index contributed by atoms with van der Waals surface area (Å²) in [7, 11) is 1.86. The lowest BCUT2D eigenvalue weighted by atomic mass is 9.92. The van der Waals surface area contributed by atoms with Gasteiger partial charge in [0, 0.05) is 38.8 Å². The number of carboxylic acid groups (broad SMARTS) is 1. The van der Waals surface area contributed by atoms with Crippen LogP contribution in [0.5, 0.6) is 0 Å². The highest BCUT2D eigenvalue weighted by Gasteiger charge is 2.36. The fourth-order valence-electron chi connectivity index (χ4n) is 4.37. The van der Waals surface area contributed by atoms with Crippen molar-refractivity contribution in [2.45, 2.75) is 51.0 Å². The van der Waals surface area contributed by atoms with Gasteiger partial charge in [-0.25, -0.2) is 0 Å². The molecule has 2 aliphatic heterocycles. The molecule has 2 heterocycles. The zero-order valence-corrected chi connectivity index (χ0v) is 17.1. The van der Waals surface area contributed by atoms with Crippen molar-refractivity contribution < 1.29 is 19.5 Å². The lowest BCUT2D eigenvalue weighted by Gasteiger charge is -2.40. The number of likely N-dealkylation sites (tertiary alicyclic amines) is 2. The van der Waals surface area contributed by atoms with E-state index in [2.05, 4.69) is 5.32 Å². The van der Waals surface area contributed by atoms with Crippen LogP contribution in [0.4, 0.5) is 5.69 Å². The molecule has 1 aromatic carbocycles. The first kappa shape index (κ1) is 21.1. The van der Waals surface area contributed by atoms with Crippen LogP contribution < -0.4 is 5.32 Å². The number of hydrogen-bond acceptors (Lipinski definition) is 4. The van der Waals surface area contributed by atoms with Gasteiger partial charge < -0.3 is 20.2 Å². The van der Waals surface area contributed by atoms with Crippen LogP contribution in [0.15, 0.2) is 24.3 Å². The highest BCUT2D eigenvalue weighted by atomic mass is 16.4. The Bertz CT molecular complexity index is 726. The molecule has 0 aromatic heterocycles. The van der Waals surface area contributed by atoms with E-state index in [1.165, 1.54) is 0 Å². The third kappa shape index (κ3) is 5.49. The first-order chi connectivity index (χ1) is 14.0. The van der Waals surface area contributed by atoms with E-state index in [0.717, 1.165) is 36.9 Å². The second kappa shape index (κ2) is 9.76. The summed E-state index contributed by atoms with van der Waals surface area (Å²) in [5, 5.41) is 12.0. The van der Waals surface area contributed by atoms with Gasteiger partial charge in [-0.3, -0.25) is 14.4 Å². The molecule has 2 N–H and O–H groups in total. The minimum atomic E-state index is -0.776. The number of anilines is 1. The number of nitrogens with zero attached hydrogens (tertiary/aromatic N) is 2. The van der Waals surface area contributed by atoms with Crippen molar-refractivity contribution in [3.05, 3.63) is 29.8 Å². The number of nitrogens with one attached hydrogen (secondary N) is 1. The Kier molecular flexibility index (Phi) is 7.12. The van der Waals surface area contributed by atoms with E-state index in [0.29, 0.717) is 32.5 Å². The quantitative estimate of drug-likeness (QED) is 0.764. The van der Waals surface area contributed by atoms with Crippen LogP contribution in [0.3, 0.4) is 0 Å². The van der Waals surface area contributed by atoms with Crippen molar-refractivity contribution in [3.8, 4) is 0 Å². The minimum Gasteiger partial charge on any atom is -0.481 e. The summed E-state index contributed by atoms with van der Waals surface area (Å²) in [6.07, 6.45) is 4.49. The number of carbonyl (C=O) groups is 3. The Morgan fingerprint density at radius 2 is 1.72 bits per heavy atom. The topological polar surface area (TPSA) is 90.0 Å². The smallest absolute Gasteiger partial charge is 0.303 e. The number of carbonyl (C=O) groups excluding carboxylic acids is 2. The molecular formula is C22H31N3O4. The molecule has 2 saturated heterocycles. The van der Waals surface area contributed by atoms with Crippen molar-refractivity contribution in [2.24, 2.45) is 5.92 Å². The lowest BCUT2D eigenvalue weighted by molar-refractivity contribution is -0.148. The molecule has 7 heteroatoms. The van der Waals surface area contributed by atoms with E-state index in [4.69, 9.17) is 5.11 Å². The highest BCUT2D eigenvalue weighted by Crippen LogP contribution is 2.25.